The van der Waals surface area contributed by atoms with Crippen LogP contribution in [-0.2, 0) is 14.1 Å². The number of aryl methyl sites for hydroxylation is 1. The van der Waals surface area contributed by atoms with Gasteiger partial charge in [0.15, 0.2) is 5.03 Å². The minimum atomic E-state index is -0.904. The van der Waals surface area contributed by atoms with Crippen LogP contribution in [0.25, 0.3) is 0 Å². The number of hydrogen-bond donors (Lipinski definition) is 4. The molecule has 1 unspecified atom stereocenters. The van der Waals surface area contributed by atoms with E-state index in [4.69, 9.17) is 9.31 Å². The summed E-state index contributed by atoms with van der Waals surface area (Å²) in [4.78, 5) is 37.8. The largest absolute Gasteiger partial charge is 0.481 e. The predicted molar refractivity (Wildman–Crippen MR) is 157 cm³/mol. The Hall–Kier alpha value is -2.81. The van der Waals surface area contributed by atoms with Crippen molar-refractivity contribution < 1.29 is 28.3 Å². The first-order chi connectivity index (χ1) is 20.2. The molecule has 7 atom stereocenters. The third kappa shape index (κ3) is 6.38. The number of rotatable bonds is 13. The number of carbonyl (C=O) groups excluding carboxylic acids is 2. The molecule has 236 valence electrons. The molecule has 5 aliphatic rings. The molecule has 0 spiro atoms. The van der Waals surface area contributed by atoms with Crippen molar-refractivity contribution in [3.8, 4) is 0 Å². The Bertz CT molecular complexity index is 1250. The number of carbonyl (C=O) groups is 2. The second-order valence-electron chi connectivity index (χ2n) is 13.8. The van der Waals surface area contributed by atoms with E-state index in [9.17, 15) is 24.1 Å². The molecule has 12 nitrogen and oxygen atoms in total. The van der Waals surface area contributed by atoms with Gasteiger partial charge in [-0.05, 0) is 105 Å². The van der Waals surface area contributed by atoms with Crippen molar-refractivity contribution in [2.75, 3.05) is 6.54 Å². The van der Waals surface area contributed by atoms with Crippen LogP contribution in [0, 0.1) is 46.0 Å². The van der Waals surface area contributed by atoms with Crippen LogP contribution in [-0.4, -0.2) is 65.6 Å². The first-order valence-corrected chi connectivity index (χ1v) is 15.3. The fourth-order valence-corrected chi connectivity index (χ4v) is 7.31. The van der Waals surface area contributed by atoms with E-state index in [1.54, 1.807) is 6.92 Å². The summed E-state index contributed by atoms with van der Waals surface area (Å²) in [6.07, 6.45) is 2.80. The van der Waals surface area contributed by atoms with Crippen LogP contribution in [0.4, 0.5) is 4.39 Å². The molecule has 1 aromatic carbocycles. The highest BCUT2D eigenvalue weighted by atomic mass is 19.1. The van der Waals surface area contributed by atoms with Crippen LogP contribution < -0.4 is 21.4 Å². The van der Waals surface area contributed by atoms with Crippen molar-refractivity contribution in [1.29, 1.82) is 0 Å². The maximum atomic E-state index is 13.8. The monoisotopic (exact) mass is 602 g/mol. The Kier molecular flexibility index (Phi) is 8.78. The molecule has 0 aromatic heterocycles. The zero-order valence-corrected chi connectivity index (χ0v) is 25.8. The highest BCUT2D eigenvalue weighted by Crippen LogP contribution is 2.65. The van der Waals surface area contributed by atoms with Crippen LogP contribution in [0.2, 0.25) is 0 Å². The zero-order chi connectivity index (χ0) is 31.3. The summed E-state index contributed by atoms with van der Waals surface area (Å²) in [6.45, 7) is 12.8. The summed E-state index contributed by atoms with van der Waals surface area (Å²) >= 11 is 0. The number of benzene rings is 1. The van der Waals surface area contributed by atoms with Gasteiger partial charge in [0.05, 0.1) is 17.6 Å². The second-order valence-corrected chi connectivity index (χ2v) is 13.8. The summed E-state index contributed by atoms with van der Waals surface area (Å²) in [5.41, 5.74) is 2.92. The number of nitrogens with one attached hydrogen (secondary N) is 4. The Morgan fingerprint density at radius 3 is 2.63 bits per heavy atom. The molecule has 2 bridgehead atoms. The van der Waals surface area contributed by atoms with Crippen LogP contribution in [0.15, 0.2) is 18.2 Å². The topological polar surface area (TPSA) is 157 Å². The lowest BCUT2D eigenvalue weighted by atomic mass is 9.43. The maximum Gasteiger partial charge on any atom is 0.481 e. The van der Waals surface area contributed by atoms with E-state index in [1.165, 1.54) is 18.2 Å². The van der Waals surface area contributed by atoms with Crippen molar-refractivity contribution in [3.63, 3.8) is 0 Å². The van der Waals surface area contributed by atoms with Crippen LogP contribution in [0.3, 0.4) is 0 Å². The van der Waals surface area contributed by atoms with E-state index in [2.05, 4.69) is 56.0 Å². The molecular weight excluding hydrogens is 558 g/mol. The van der Waals surface area contributed by atoms with Crippen molar-refractivity contribution in [2.45, 2.75) is 104 Å². The summed E-state index contributed by atoms with van der Waals surface area (Å²) < 4.78 is 27.0. The maximum absolute atomic E-state index is 13.8. The first kappa shape index (κ1) is 31.6. The molecule has 1 aromatic rings. The minimum Gasteiger partial charge on any atom is -0.404 e. The standard InChI is InChI=1S/C29H44BFN6O6/c1-16(2)12-24(30-42-23-15-19-14-22(28(19,4)5)29(23,6)43-30)34-26(39)21(8-7-11-32-27-35-36(27)37(40)41)33-25(38)18-9-10-20(31)17(3)13-18/h9-10,13,16,19,21-24,27,32,35H,7-8,11-12,14-15H2,1-6H3,(H,33,38)(H,34,39)/t19-,21-,22-,23+,24-,27?,29-,36?/m0/s1. The highest BCUT2D eigenvalue weighted by Gasteiger charge is 2.68. The lowest BCUT2D eigenvalue weighted by molar-refractivity contribution is -0.627. The first-order valence-electron chi connectivity index (χ1n) is 15.3. The Morgan fingerprint density at radius 2 is 2.00 bits per heavy atom. The number of hydrogen-bond acceptors (Lipinski definition) is 8. The number of nitro groups is 1. The summed E-state index contributed by atoms with van der Waals surface area (Å²) in [6, 6.07) is 3.16. The highest BCUT2D eigenvalue weighted by molar-refractivity contribution is 6.48. The molecule has 3 aliphatic carbocycles. The van der Waals surface area contributed by atoms with E-state index in [-0.39, 0.29) is 35.3 Å². The van der Waals surface area contributed by atoms with Crippen LogP contribution >= 0.6 is 0 Å². The minimum absolute atomic E-state index is 0.0288. The lowest BCUT2D eigenvalue weighted by Gasteiger charge is -2.64. The van der Waals surface area contributed by atoms with E-state index in [1.807, 2.05) is 0 Å². The van der Waals surface area contributed by atoms with Gasteiger partial charge in [-0.15, -0.1) is 5.43 Å². The van der Waals surface area contributed by atoms with Gasteiger partial charge in [0.1, 0.15) is 11.9 Å². The van der Waals surface area contributed by atoms with Gasteiger partial charge in [0, 0.05) is 5.56 Å². The Morgan fingerprint density at radius 1 is 1.26 bits per heavy atom. The Labute approximate surface area is 252 Å². The zero-order valence-electron chi connectivity index (χ0n) is 25.8. The van der Waals surface area contributed by atoms with Gasteiger partial charge in [-0.25, -0.2) is 14.5 Å². The molecule has 2 saturated heterocycles. The summed E-state index contributed by atoms with van der Waals surface area (Å²) in [5.74, 6) is -0.478. The van der Waals surface area contributed by atoms with Gasteiger partial charge >= 0.3 is 7.12 Å². The molecule has 4 N–H and O–H groups in total. The van der Waals surface area contributed by atoms with Crippen molar-refractivity contribution in [2.24, 2.45) is 23.2 Å². The van der Waals surface area contributed by atoms with Gasteiger partial charge < -0.3 is 19.9 Å². The second kappa shape index (κ2) is 11.9. The third-order valence-electron chi connectivity index (χ3n) is 10.0. The average Bonchev–Trinajstić information content (AvgIpc) is 3.62. The van der Waals surface area contributed by atoms with Gasteiger partial charge in [-0.2, -0.15) is 0 Å². The molecule has 6 rings (SSSR count). The van der Waals surface area contributed by atoms with Gasteiger partial charge in [0.2, 0.25) is 12.2 Å². The van der Waals surface area contributed by atoms with E-state index in [0.29, 0.717) is 36.8 Å². The molecule has 43 heavy (non-hydrogen) atoms. The van der Waals surface area contributed by atoms with Crippen molar-refractivity contribution in [3.05, 3.63) is 45.3 Å². The molecule has 2 heterocycles. The fourth-order valence-electron chi connectivity index (χ4n) is 7.31. The molecular formula is C29H44BFN6O6. The normalized spacial score (nSPS) is 29.9. The van der Waals surface area contributed by atoms with Gasteiger partial charge in [-0.3, -0.25) is 14.9 Å². The fraction of sp³-hybridized carbons (Fsp3) is 0.724. The smallest absolute Gasteiger partial charge is 0.404 e. The number of hydrazine groups is 2. The van der Waals surface area contributed by atoms with Crippen LogP contribution in [0.5, 0.6) is 0 Å². The SMILES string of the molecule is Cc1cc(C(=O)N[C@@H](CCCNC2NN2[N+](=O)[O-])C(=O)N[C@@H](CC(C)C)B2O[C@@H]3C[C@@H]4C[C@@H](C4(C)C)[C@]3(C)O2)ccc1F. The molecule has 3 saturated carbocycles. The van der Waals surface area contributed by atoms with E-state index >= 15 is 0 Å². The van der Waals surface area contributed by atoms with Gasteiger partial charge in [-0.1, -0.05) is 27.7 Å². The Balaban J connectivity index is 1.27. The number of halogens is 1. The quantitative estimate of drug-likeness (QED) is 0.0877. The molecule has 14 heteroatoms. The van der Waals surface area contributed by atoms with Gasteiger partial charge in [0.25, 0.3) is 5.91 Å². The molecule has 5 fully saturated rings. The van der Waals surface area contributed by atoms with E-state index in [0.717, 1.165) is 18.0 Å². The van der Waals surface area contributed by atoms with Crippen molar-refractivity contribution >= 4 is 18.9 Å². The summed E-state index contributed by atoms with van der Waals surface area (Å²) in [7, 11) is -0.608. The number of nitrogens with zero attached hydrogens (tertiary/aromatic N) is 2. The number of amides is 2. The molecule has 2 amide bonds. The van der Waals surface area contributed by atoms with Crippen LogP contribution in [0.1, 0.15) is 82.6 Å². The predicted octanol–water partition coefficient (Wildman–Crippen LogP) is 2.70. The summed E-state index contributed by atoms with van der Waals surface area (Å²) in [5, 5.41) is 20.1. The molecule has 0 radical (unpaired) electrons. The van der Waals surface area contributed by atoms with E-state index < -0.39 is 47.7 Å². The lowest BCUT2D eigenvalue weighted by Crippen LogP contribution is -2.65. The average molecular weight is 603 g/mol. The third-order valence-corrected chi connectivity index (χ3v) is 10.0. The van der Waals surface area contributed by atoms with Crippen molar-refractivity contribution in [1.82, 2.24) is 26.5 Å². The molecule has 2 aliphatic heterocycles.